The number of nitrogens with one attached hydrogen (secondary N) is 1. The molecule has 0 aromatic heterocycles. The maximum absolute atomic E-state index is 3.71. The van der Waals surface area contributed by atoms with Crippen LogP contribution in [0.4, 0.5) is 11.4 Å². The number of benzene rings is 4. The second kappa shape index (κ2) is 7.26. The van der Waals surface area contributed by atoms with Crippen molar-refractivity contribution in [2.45, 2.75) is 4.66 Å². The van der Waals surface area contributed by atoms with E-state index in [0.29, 0.717) is 0 Å². The minimum Gasteiger partial charge on any atom is -0.355 e. The summed E-state index contributed by atoms with van der Waals surface area (Å²) in [7, 11) is -1.21. The van der Waals surface area contributed by atoms with Crippen molar-refractivity contribution in [3.63, 3.8) is 0 Å². The van der Waals surface area contributed by atoms with Gasteiger partial charge in [0.2, 0.25) is 0 Å². The molecule has 1 aliphatic heterocycles. The van der Waals surface area contributed by atoms with Gasteiger partial charge in [-0.25, -0.2) is 0 Å². The molecule has 0 saturated heterocycles. The van der Waals surface area contributed by atoms with Crippen LogP contribution in [0.15, 0.2) is 109 Å². The normalized spacial score (nSPS) is 14.7. The summed E-state index contributed by atoms with van der Waals surface area (Å²) in [5.41, 5.74) is 5.57. The van der Waals surface area contributed by atoms with Crippen LogP contribution in [-0.4, -0.2) is 19.0 Å². The van der Waals surface area contributed by atoms with Crippen LogP contribution in [-0.2, 0) is 4.66 Å². The highest BCUT2D eigenvalue weighted by Crippen LogP contribution is 2.44. The Bertz CT molecular complexity index is 1000. The monoisotopic (exact) mass is 393 g/mol. The molecular formula is C25H23NSi2. The lowest BCUT2D eigenvalue weighted by Gasteiger charge is -2.41. The Labute approximate surface area is 171 Å². The van der Waals surface area contributed by atoms with Gasteiger partial charge in [-0.2, -0.15) is 0 Å². The van der Waals surface area contributed by atoms with Gasteiger partial charge in [-0.1, -0.05) is 107 Å². The molecule has 28 heavy (non-hydrogen) atoms. The molecule has 0 aliphatic carbocycles. The third-order valence-corrected chi connectivity index (χ3v) is 11.8. The van der Waals surface area contributed by atoms with Crippen LogP contribution in [0, 0.1) is 0 Å². The minimum atomic E-state index is -0.603. The summed E-state index contributed by atoms with van der Waals surface area (Å²) < 4.78 is 0.168. The zero-order valence-electron chi connectivity index (χ0n) is 15.8. The number of fused-ring (bicyclic) bond motifs is 2. The first-order valence-corrected chi connectivity index (χ1v) is 12.7. The Kier molecular flexibility index (Phi) is 4.47. The van der Waals surface area contributed by atoms with Crippen LogP contribution in [0.1, 0.15) is 11.1 Å². The molecule has 136 valence electrons. The van der Waals surface area contributed by atoms with Crippen molar-refractivity contribution in [2.75, 3.05) is 5.32 Å². The molecule has 0 saturated carbocycles. The van der Waals surface area contributed by atoms with Crippen LogP contribution in [0.2, 0.25) is 0 Å². The van der Waals surface area contributed by atoms with Crippen LogP contribution < -0.4 is 15.7 Å². The summed E-state index contributed by atoms with van der Waals surface area (Å²) in [6.07, 6.45) is 0. The van der Waals surface area contributed by atoms with Gasteiger partial charge in [-0.3, -0.25) is 0 Å². The van der Waals surface area contributed by atoms with Crippen LogP contribution in [0.3, 0.4) is 0 Å². The van der Waals surface area contributed by atoms with Crippen molar-refractivity contribution < 1.29 is 0 Å². The lowest BCUT2D eigenvalue weighted by molar-refractivity contribution is 0.996. The van der Waals surface area contributed by atoms with Crippen molar-refractivity contribution in [1.82, 2.24) is 0 Å². The number of para-hydroxylation sites is 2. The van der Waals surface area contributed by atoms with Crippen LogP contribution in [0.5, 0.6) is 0 Å². The minimum absolute atomic E-state index is 0.168. The third-order valence-electron chi connectivity index (χ3n) is 5.85. The van der Waals surface area contributed by atoms with Crippen molar-refractivity contribution in [1.29, 1.82) is 0 Å². The second-order valence-electron chi connectivity index (χ2n) is 7.62. The predicted octanol–water partition coefficient (Wildman–Crippen LogP) is 2.93. The zero-order chi connectivity index (χ0) is 18.8. The zero-order valence-corrected chi connectivity index (χ0v) is 18.6. The van der Waals surface area contributed by atoms with Gasteiger partial charge >= 0.3 is 0 Å². The molecule has 0 bridgehead atoms. The number of hydrogen-bond acceptors (Lipinski definition) is 1. The Morgan fingerprint density at radius 1 is 0.464 bits per heavy atom. The third kappa shape index (κ3) is 3.03. The SMILES string of the molecule is c1ccc([SiH2]C2([SiH2]c3ccccc3)c3ccccc3Nc3ccccc32)cc1. The molecule has 4 aromatic carbocycles. The fourth-order valence-electron chi connectivity index (χ4n) is 4.64. The highest BCUT2D eigenvalue weighted by Gasteiger charge is 2.41. The summed E-state index contributed by atoms with van der Waals surface area (Å²) in [5.74, 6) is 0. The van der Waals surface area contributed by atoms with Crippen molar-refractivity contribution in [3.05, 3.63) is 120 Å². The molecule has 1 heterocycles. The molecule has 0 atom stereocenters. The number of anilines is 2. The predicted molar refractivity (Wildman–Crippen MR) is 126 cm³/mol. The maximum atomic E-state index is 3.71. The summed E-state index contributed by atoms with van der Waals surface area (Å²) in [5, 5.41) is 6.79. The maximum Gasteiger partial charge on any atom is 0.0683 e. The van der Waals surface area contributed by atoms with Gasteiger partial charge in [0.25, 0.3) is 0 Å². The van der Waals surface area contributed by atoms with E-state index in [0.717, 1.165) is 0 Å². The Morgan fingerprint density at radius 3 is 1.32 bits per heavy atom. The number of hydrogen-bond donors (Lipinski definition) is 1. The molecular weight excluding hydrogens is 370 g/mol. The Morgan fingerprint density at radius 2 is 0.857 bits per heavy atom. The van der Waals surface area contributed by atoms with Gasteiger partial charge in [-0.05, 0) is 23.3 Å². The van der Waals surface area contributed by atoms with Crippen molar-refractivity contribution in [3.8, 4) is 0 Å². The van der Waals surface area contributed by atoms with E-state index in [-0.39, 0.29) is 4.66 Å². The fourth-order valence-corrected chi connectivity index (χ4v) is 11.3. The van der Waals surface area contributed by atoms with Crippen LogP contribution in [0.25, 0.3) is 0 Å². The van der Waals surface area contributed by atoms with E-state index in [4.69, 9.17) is 0 Å². The summed E-state index contributed by atoms with van der Waals surface area (Å²) in [4.78, 5) is 0. The van der Waals surface area contributed by atoms with Gasteiger partial charge in [0.15, 0.2) is 0 Å². The largest absolute Gasteiger partial charge is 0.355 e. The molecule has 1 aliphatic rings. The van der Waals surface area contributed by atoms with Crippen LogP contribution >= 0.6 is 0 Å². The smallest absolute Gasteiger partial charge is 0.0683 e. The summed E-state index contributed by atoms with van der Waals surface area (Å²) in [6.45, 7) is 0. The van der Waals surface area contributed by atoms with E-state index in [1.807, 2.05) is 0 Å². The van der Waals surface area contributed by atoms with E-state index in [2.05, 4.69) is 115 Å². The lowest BCUT2D eigenvalue weighted by Crippen LogP contribution is -2.51. The topological polar surface area (TPSA) is 12.0 Å². The van der Waals surface area contributed by atoms with Gasteiger partial charge in [-0.15, -0.1) is 0 Å². The second-order valence-corrected chi connectivity index (χ2v) is 13.4. The molecule has 4 aromatic rings. The molecule has 0 fully saturated rings. The first kappa shape index (κ1) is 17.2. The fraction of sp³-hybridized carbons (Fsp3) is 0.0400. The van der Waals surface area contributed by atoms with Gasteiger partial charge in [0, 0.05) is 16.0 Å². The summed E-state index contributed by atoms with van der Waals surface area (Å²) in [6, 6.07) is 40.3. The lowest BCUT2D eigenvalue weighted by atomic mass is 9.95. The van der Waals surface area contributed by atoms with Gasteiger partial charge in [0.05, 0.1) is 19.0 Å². The molecule has 0 unspecified atom stereocenters. The average molecular weight is 394 g/mol. The quantitative estimate of drug-likeness (QED) is 0.526. The van der Waals surface area contributed by atoms with E-state index in [9.17, 15) is 0 Å². The molecule has 3 heteroatoms. The Balaban J connectivity index is 1.75. The molecule has 5 rings (SSSR count). The first-order chi connectivity index (χ1) is 13.9. The van der Waals surface area contributed by atoms with E-state index >= 15 is 0 Å². The van der Waals surface area contributed by atoms with E-state index in [1.54, 1.807) is 0 Å². The molecule has 0 amide bonds. The van der Waals surface area contributed by atoms with Gasteiger partial charge < -0.3 is 5.32 Å². The highest BCUT2D eigenvalue weighted by atomic mass is 28.3. The van der Waals surface area contributed by atoms with Gasteiger partial charge in [0.1, 0.15) is 0 Å². The highest BCUT2D eigenvalue weighted by molar-refractivity contribution is 6.77. The van der Waals surface area contributed by atoms with E-state index < -0.39 is 19.0 Å². The van der Waals surface area contributed by atoms with E-state index in [1.165, 1.54) is 32.9 Å². The first-order valence-electron chi connectivity index (χ1n) is 9.89. The van der Waals surface area contributed by atoms with Crippen molar-refractivity contribution in [2.24, 2.45) is 0 Å². The summed E-state index contributed by atoms with van der Waals surface area (Å²) >= 11 is 0. The standard InChI is InChI=1S/C25H23NSi2/c1-3-11-19(12-4-1)27-25(28-20-13-5-2-6-14-20)21-15-7-9-17-23(21)26-24-18-10-8-16-22(24)25/h1-18,26H,27-28H2. The number of rotatable bonds is 4. The molecule has 0 radical (unpaired) electrons. The average Bonchev–Trinajstić information content (AvgIpc) is 2.75. The molecule has 0 spiro atoms. The molecule has 1 nitrogen and oxygen atoms in total. The van der Waals surface area contributed by atoms with Crippen molar-refractivity contribution >= 4 is 40.8 Å². The Hall–Kier alpha value is -2.89. The molecule has 1 N–H and O–H groups in total.